The molecule has 1 N–H and O–H groups in total. The minimum atomic E-state index is -2.59. The molecule has 0 aromatic carbocycles. The quantitative estimate of drug-likeness (QED) is 0.354. The van der Waals surface area contributed by atoms with Crippen molar-refractivity contribution in [2.75, 3.05) is 17.2 Å². The highest BCUT2D eigenvalue weighted by atomic mass is 32.1. The van der Waals surface area contributed by atoms with Gasteiger partial charge in [0.2, 0.25) is 13.3 Å². The number of hydrogen-bond acceptors (Lipinski definition) is 5. The first-order valence-electron chi connectivity index (χ1n) is 13.4. The molecular weight excluding hydrogens is 481 g/mol. The lowest BCUT2D eigenvalue weighted by molar-refractivity contribution is -0.124. The van der Waals surface area contributed by atoms with Crippen LogP contribution >= 0.6 is 18.7 Å². The molecule has 0 spiro atoms. The molecule has 198 valence electrons. The molecule has 2 aliphatic carbocycles. The first-order valence-corrected chi connectivity index (χ1v) is 16.2. The third kappa shape index (κ3) is 6.78. The Balaban J connectivity index is 1.91. The summed E-state index contributed by atoms with van der Waals surface area (Å²) in [6.07, 6.45) is 7.76. The van der Waals surface area contributed by atoms with Gasteiger partial charge < -0.3 is 14.5 Å². The second kappa shape index (κ2) is 11.5. The van der Waals surface area contributed by atoms with Crippen LogP contribution in [0.5, 0.6) is 0 Å². The summed E-state index contributed by atoms with van der Waals surface area (Å²) < 4.78 is 18.9. The Morgan fingerprint density at radius 3 is 2.11 bits per heavy atom. The number of thiophene rings is 1. The van der Waals surface area contributed by atoms with E-state index >= 15 is 0 Å². The Bertz CT molecular complexity index is 928. The monoisotopic (exact) mass is 525 g/mol. The molecule has 0 radical (unpaired) electrons. The molecule has 0 bridgehead atoms. The van der Waals surface area contributed by atoms with E-state index in [1.54, 1.807) is 0 Å². The zero-order valence-corrected chi connectivity index (χ0v) is 24.1. The second-order valence-corrected chi connectivity index (χ2v) is 15.7. The number of hydrogen-bond donors (Lipinski definition) is 1. The molecule has 0 unspecified atom stereocenters. The predicted molar refractivity (Wildman–Crippen MR) is 144 cm³/mol. The van der Waals surface area contributed by atoms with Gasteiger partial charge in [-0.2, -0.15) is 0 Å². The highest BCUT2D eigenvalue weighted by Gasteiger charge is 2.39. The van der Waals surface area contributed by atoms with Gasteiger partial charge in [-0.25, -0.2) is 4.79 Å². The fourth-order valence-corrected chi connectivity index (χ4v) is 7.88. The number of carboxylic acid groups (broad SMARTS) is 1. The topological polar surface area (TPSA) is 83.9 Å². The smallest absolute Gasteiger partial charge is 0.348 e. The summed E-state index contributed by atoms with van der Waals surface area (Å²) in [5.74, 6) is -0.314. The van der Waals surface area contributed by atoms with Crippen molar-refractivity contribution in [3.8, 4) is 0 Å². The Hall–Kier alpha value is -1.17. The molecule has 1 heterocycles. The molecule has 35 heavy (non-hydrogen) atoms. The molecule has 0 aliphatic heterocycles. The molecule has 2 saturated carbocycles. The van der Waals surface area contributed by atoms with Crippen molar-refractivity contribution >= 4 is 36.3 Å². The summed E-state index contributed by atoms with van der Waals surface area (Å²) in [6, 6.07) is 1.88. The van der Waals surface area contributed by atoms with Gasteiger partial charge in [0.15, 0.2) is 0 Å². The fourth-order valence-electron chi connectivity index (χ4n) is 5.34. The van der Waals surface area contributed by atoms with Crippen LogP contribution in [0.2, 0.25) is 0 Å². The number of nitrogens with zero attached hydrogens (tertiary/aromatic N) is 1. The van der Waals surface area contributed by atoms with E-state index in [2.05, 4.69) is 27.7 Å². The van der Waals surface area contributed by atoms with Crippen LogP contribution in [0, 0.1) is 11.8 Å². The van der Waals surface area contributed by atoms with Crippen molar-refractivity contribution in [1.29, 1.82) is 0 Å². The number of carbonyl (C=O) groups is 2. The van der Waals surface area contributed by atoms with E-state index in [0.29, 0.717) is 23.9 Å². The SMILES string of the molecule is CCP(=O)(CC)O[C@H]1CC[C@H](N(c2cc(C(C)(C)C)sc2C(=O)O)C(=O)[C@H]2CC[C@H](C)CC2)CC1. The lowest BCUT2D eigenvalue weighted by Crippen LogP contribution is -2.47. The molecule has 1 aromatic heterocycles. The minimum Gasteiger partial charge on any atom is -0.477 e. The van der Waals surface area contributed by atoms with Crippen molar-refractivity contribution in [3.63, 3.8) is 0 Å². The largest absolute Gasteiger partial charge is 0.477 e. The average molecular weight is 526 g/mol. The second-order valence-electron chi connectivity index (χ2n) is 11.5. The van der Waals surface area contributed by atoms with Gasteiger partial charge in [0, 0.05) is 29.2 Å². The van der Waals surface area contributed by atoms with Gasteiger partial charge in [-0.15, -0.1) is 11.3 Å². The summed E-state index contributed by atoms with van der Waals surface area (Å²) in [5.41, 5.74) is 0.364. The number of aromatic carboxylic acids is 1. The van der Waals surface area contributed by atoms with Crippen LogP contribution in [-0.2, 0) is 19.3 Å². The van der Waals surface area contributed by atoms with Crippen LogP contribution in [0.3, 0.4) is 0 Å². The molecule has 6 nitrogen and oxygen atoms in total. The standard InChI is InChI=1S/C27H44NO5PS/c1-7-34(32,8-2)33-21-15-13-20(14-16-21)28(25(29)19-11-9-18(3)10-12-19)22-17-23(27(4,5)6)35-24(22)26(30)31/h17-21H,7-16H2,1-6H3,(H,30,31)/t18-,19-,20-,21-. The zero-order valence-electron chi connectivity index (χ0n) is 22.3. The molecule has 1 amide bonds. The van der Waals surface area contributed by atoms with Crippen LogP contribution in [0.1, 0.15) is 107 Å². The molecule has 1 aromatic rings. The molecule has 8 heteroatoms. The minimum absolute atomic E-state index is 0.0554. The van der Waals surface area contributed by atoms with E-state index in [-0.39, 0.29) is 34.3 Å². The van der Waals surface area contributed by atoms with Gasteiger partial charge in [-0.3, -0.25) is 9.36 Å². The van der Waals surface area contributed by atoms with Gasteiger partial charge in [0.05, 0.1) is 11.8 Å². The summed E-state index contributed by atoms with van der Waals surface area (Å²) in [6.45, 7) is 12.3. The maximum Gasteiger partial charge on any atom is 0.348 e. The van der Waals surface area contributed by atoms with Crippen molar-refractivity contribution in [1.82, 2.24) is 0 Å². The van der Waals surface area contributed by atoms with Gasteiger partial charge in [0.25, 0.3) is 0 Å². The van der Waals surface area contributed by atoms with Gasteiger partial charge in [-0.1, -0.05) is 41.5 Å². The fraction of sp³-hybridized carbons (Fsp3) is 0.778. The highest BCUT2D eigenvalue weighted by Crippen LogP contribution is 2.49. The van der Waals surface area contributed by atoms with E-state index < -0.39 is 13.3 Å². The highest BCUT2D eigenvalue weighted by molar-refractivity contribution is 7.58. The Morgan fingerprint density at radius 2 is 1.63 bits per heavy atom. The zero-order chi connectivity index (χ0) is 26.0. The maximum absolute atomic E-state index is 14.0. The van der Waals surface area contributed by atoms with Crippen LogP contribution in [0.4, 0.5) is 5.69 Å². The molecule has 2 fully saturated rings. The van der Waals surface area contributed by atoms with Gasteiger partial charge >= 0.3 is 5.97 Å². The van der Waals surface area contributed by atoms with Crippen LogP contribution in [0.15, 0.2) is 6.07 Å². The number of anilines is 1. The maximum atomic E-state index is 14.0. The Kier molecular flexibility index (Phi) is 9.31. The lowest BCUT2D eigenvalue weighted by Gasteiger charge is -2.40. The Morgan fingerprint density at radius 1 is 1.06 bits per heavy atom. The van der Waals surface area contributed by atoms with Crippen molar-refractivity contribution in [2.24, 2.45) is 11.8 Å². The van der Waals surface area contributed by atoms with E-state index in [1.807, 2.05) is 24.8 Å². The first kappa shape index (κ1) is 28.4. The lowest BCUT2D eigenvalue weighted by atomic mass is 9.81. The van der Waals surface area contributed by atoms with Crippen LogP contribution in [0.25, 0.3) is 0 Å². The van der Waals surface area contributed by atoms with Crippen molar-refractivity contribution in [2.45, 2.75) is 110 Å². The number of rotatable bonds is 8. The summed E-state index contributed by atoms with van der Waals surface area (Å²) >= 11 is 1.29. The molecule has 2 aliphatic rings. The summed E-state index contributed by atoms with van der Waals surface area (Å²) in [4.78, 5) is 29.4. The molecule has 3 rings (SSSR count). The van der Waals surface area contributed by atoms with E-state index in [1.165, 1.54) is 11.3 Å². The van der Waals surface area contributed by atoms with E-state index in [9.17, 15) is 19.3 Å². The summed E-state index contributed by atoms with van der Waals surface area (Å²) in [5, 5.41) is 10.1. The summed E-state index contributed by atoms with van der Waals surface area (Å²) in [7, 11) is -2.59. The predicted octanol–water partition coefficient (Wildman–Crippen LogP) is 7.55. The van der Waals surface area contributed by atoms with Gasteiger partial charge in [0.1, 0.15) is 4.88 Å². The van der Waals surface area contributed by atoms with E-state index in [4.69, 9.17) is 4.52 Å². The van der Waals surface area contributed by atoms with Gasteiger partial charge in [-0.05, 0) is 68.8 Å². The van der Waals surface area contributed by atoms with E-state index in [0.717, 1.165) is 56.2 Å². The number of carbonyl (C=O) groups excluding carboxylic acids is 1. The molecule has 0 saturated heterocycles. The molecular formula is C27H44NO5PS. The van der Waals surface area contributed by atoms with Crippen LogP contribution in [-0.4, -0.2) is 41.5 Å². The number of amides is 1. The average Bonchev–Trinajstić information content (AvgIpc) is 3.27. The van der Waals surface area contributed by atoms with Crippen LogP contribution < -0.4 is 4.90 Å². The van der Waals surface area contributed by atoms with Crippen molar-refractivity contribution in [3.05, 3.63) is 15.8 Å². The first-order chi connectivity index (χ1) is 16.4. The third-order valence-corrected chi connectivity index (χ3v) is 12.0. The third-order valence-electron chi connectivity index (χ3n) is 7.82. The normalized spacial score (nSPS) is 25.9. The Labute approximate surface area is 215 Å². The number of carboxylic acids is 1. The molecule has 0 atom stereocenters. The van der Waals surface area contributed by atoms with Crippen molar-refractivity contribution < 1.29 is 23.8 Å².